The third-order valence-corrected chi connectivity index (χ3v) is 4.22. The molecule has 1 atom stereocenters. The summed E-state index contributed by atoms with van der Waals surface area (Å²) < 4.78 is 5.89. The first-order chi connectivity index (χ1) is 10.8. The monoisotopic (exact) mass is 372 g/mol. The number of ether oxygens (including phenoxy) is 1. The highest BCUT2D eigenvalue weighted by atomic mass is 35.5. The van der Waals surface area contributed by atoms with Gasteiger partial charge >= 0.3 is 0 Å². The van der Waals surface area contributed by atoms with Crippen LogP contribution in [0.15, 0.2) is 18.5 Å². The number of hydrogen-bond acceptors (Lipinski definition) is 3. The molecule has 0 saturated carbocycles. The molecule has 0 unspecified atom stereocenters. The molecule has 5 heteroatoms. The van der Waals surface area contributed by atoms with E-state index in [4.69, 9.17) is 4.74 Å². The molecule has 1 aromatic rings. The quantitative estimate of drug-likeness (QED) is 0.511. The van der Waals surface area contributed by atoms with E-state index < -0.39 is 0 Å². The second-order valence-corrected chi connectivity index (χ2v) is 6.11. The van der Waals surface area contributed by atoms with Crippen LogP contribution in [0.2, 0.25) is 0 Å². The van der Waals surface area contributed by atoms with Gasteiger partial charge in [0, 0.05) is 24.2 Å². The van der Waals surface area contributed by atoms with E-state index in [-0.39, 0.29) is 24.8 Å². The highest BCUT2D eigenvalue weighted by molar-refractivity contribution is 5.85. The fraction of sp³-hybridized carbons (Fsp3) is 0.632. The van der Waals surface area contributed by atoms with Gasteiger partial charge in [-0.25, -0.2) is 0 Å². The van der Waals surface area contributed by atoms with E-state index in [1.165, 1.54) is 45.1 Å². The third kappa shape index (κ3) is 8.24. The molecule has 1 saturated heterocycles. The van der Waals surface area contributed by atoms with Crippen LogP contribution in [0, 0.1) is 11.8 Å². The Hall–Kier alpha value is -0.950. The summed E-state index contributed by atoms with van der Waals surface area (Å²) >= 11 is 0. The molecule has 1 aliphatic rings. The first-order valence-corrected chi connectivity index (χ1v) is 8.56. The molecule has 24 heavy (non-hydrogen) atoms. The Morgan fingerprint density at radius 3 is 2.79 bits per heavy atom. The Labute approximate surface area is 159 Å². The number of unbranched alkanes of at least 4 members (excludes halogenated alkanes) is 4. The molecule has 0 spiro atoms. The molecular formula is C19H30Cl2N2O. The van der Waals surface area contributed by atoms with Crippen molar-refractivity contribution in [3.8, 4) is 17.6 Å². The molecule has 136 valence electrons. The summed E-state index contributed by atoms with van der Waals surface area (Å²) in [4.78, 5) is 6.60. The number of pyridine rings is 1. The maximum atomic E-state index is 5.89. The molecule has 1 fully saturated rings. The molecule has 0 radical (unpaired) electrons. The van der Waals surface area contributed by atoms with E-state index in [0.29, 0.717) is 6.04 Å². The SMILES string of the molecule is CCCCCCC#Cc1cncc(OC[C@H]2CCCN2C)c1.Cl.Cl. The summed E-state index contributed by atoms with van der Waals surface area (Å²) in [5, 5.41) is 0. The fourth-order valence-electron chi connectivity index (χ4n) is 2.75. The van der Waals surface area contributed by atoms with Crippen LogP contribution >= 0.6 is 24.8 Å². The Kier molecular flexibility index (Phi) is 12.8. The minimum atomic E-state index is 0. The summed E-state index contributed by atoms with van der Waals surface area (Å²) in [5.74, 6) is 7.27. The van der Waals surface area contributed by atoms with Gasteiger partial charge in [0.2, 0.25) is 0 Å². The van der Waals surface area contributed by atoms with Crippen molar-refractivity contribution in [3.63, 3.8) is 0 Å². The van der Waals surface area contributed by atoms with E-state index in [0.717, 1.165) is 24.3 Å². The van der Waals surface area contributed by atoms with Crippen molar-refractivity contribution < 1.29 is 4.74 Å². The number of hydrogen-bond donors (Lipinski definition) is 0. The zero-order chi connectivity index (χ0) is 15.6. The van der Waals surface area contributed by atoms with Crippen molar-refractivity contribution in [2.75, 3.05) is 20.2 Å². The predicted molar refractivity (Wildman–Crippen MR) is 106 cm³/mol. The number of likely N-dealkylation sites (N-methyl/N-ethyl adjacent to an activating group) is 1. The Balaban J connectivity index is 0.00000264. The molecular weight excluding hydrogens is 343 g/mol. The molecule has 0 amide bonds. The fourth-order valence-corrected chi connectivity index (χ4v) is 2.75. The molecule has 0 aliphatic carbocycles. The first kappa shape index (κ1) is 23.1. The molecule has 0 N–H and O–H groups in total. The number of halogens is 2. The third-order valence-electron chi connectivity index (χ3n) is 4.22. The summed E-state index contributed by atoms with van der Waals surface area (Å²) in [7, 11) is 2.17. The van der Waals surface area contributed by atoms with Gasteiger partial charge in [-0.2, -0.15) is 0 Å². The van der Waals surface area contributed by atoms with Gasteiger partial charge in [0.1, 0.15) is 12.4 Å². The lowest BCUT2D eigenvalue weighted by Gasteiger charge is -2.19. The highest BCUT2D eigenvalue weighted by Gasteiger charge is 2.21. The largest absolute Gasteiger partial charge is 0.490 e. The highest BCUT2D eigenvalue weighted by Crippen LogP contribution is 2.17. The molecule has 0 bridgehead atoms. The van der Waals surface area contributed by atoms with Crippen LogP contribution in [0.1, 0.15) is 57.4 Å². The van der Waals surface area contributed by atoms with E-state index in [1.54, 1.807) is 6.20 Å². The van der Waals surface area contributed by atoms with Crippen LogP contribution in [0.4, 0.5) is 0 Å². The van der Waals surface area contributed by atoms with Gasteiger partial charge in [-0.15, -0.1) is 24.8 Å². The van der Waals surface area contributed by atoms with E-state index >= 15 is 0 Å². The summed E-state index contributed by atoms with van der Waals surface area (Å²) in [5.41, 5.74) is 0.952. The predicted octanol–water partition coefficient (Wildman–Crippen LogP) is 4.72. The average molecular weight is 373 g/mol. The molecule has 2 rings (SSSR count). The van der Waals surface area contributed by atoms with Crippen LogP contribution in [0.3, 0.4) is 0 Å². The molecule has 2 heterocycles. The number of nitrogens with zero attached hydrogens (tertiary/aromatic N) is 2. The topological polar surface area (TPSA) is 25.4 Å². The zero-order valence-electron chi connectivity index (χ0n) is 14.8. The molecule has 3 nitrogen and oxygen atoms in total. The molecule has 1 aliphatic heterocycles. The Bertz CT molecular complexity index is 514. The summed E-state index contributed by atoms with van der Waals surface area (Å²) in [6, 6.07) is 2.54. The minimum Gasteiger partial charge on any atom is -0.490 e. The normalized spacial score (nSPS) is 16.5. The minimum absolute atomic E-state index is 0. The van der Waals surface area contributed by atoms with Gasteiger partial charge in [-0.3, -0.25) is 4.98 Å². The Morgan fingerprint density at radius 2 is 2.08 bits per heavy atom. The van der Waals surface area contributed by atoms with Gasteiger partial charge in [0.15, 0.2) is 0 Å². The lowest BCUT2D eigenvalue weighted by Crippen LogP contribution is -2.30. The first-order valence-electron chi connectivity index (χ1n) is 8.56. The number of likely N-dealkylation sites (tertiary alicyclic amines) is 1. The van der Waals surface area contributed by atoms with Gasteiger partial charge in [-0.1, -0.05) is 38.0 Å². The second-order valence-electron chi connectivity index (χ2n) is 6.11. The number of rotatable bonds is 7. The second kappa shape index (κ2) is 13.4. The molecule has 1 aromatic heterocycles. The zero-order valence-corrected chi connectivity index (χ0v) is 16.4. The van der Waals surface area contributed by atoms with Gasteiger partial charge in [0.25, 0.3) is 0 Å². The van der Waals surface area contributed by atoms with Crippen molar-refractivity contribution in [2.24, 2.45) is 0 Å². The van der Waals surface area contributed by atoms with Crippen molar-refractivity contribution in [1.29, 1.82) is 0 Å². The van der Waals surface area contributed by atoms with Crippen LogP contribution in [-0.4, -0.2) is 36.1 Å². The van der Waals surface area contributed by atoms with Gasteiger partial charge in [-0.05, 0) is 38.9 Å². The smallest absolute Gasteiger partial charge is 0.138 e. The van der Waals surface area contributed by atoms with Gasteiger partial charge < -0.3 is 9.64 Å². The van der Waals surface area contributed by atoms with Crippen molar-refractivity contribution in [3.05, 3.63) is 24.0 Å². The maximum Gasteiger partial charge on any atom is 0.138 e. The van der Waals surface area contributed by atoms with E-state index in [1.807, 2.05) is 12.3 Å². The Morgan fingerprint density at radius 1 is 1.25 bits per heavy atom. The van der Waals surface area contributed by atoms with Crippen molar-refractivity contribution in [1.82, 2.24) is 9.88 Å². The lowest BCUT2D eigenvalue weighted by molar-refractivity contribution is 0.198. The van der Waals surface area contributed by atoms with E-state index in [9.17, 15) is 0 Å². The van der Waals surface area contributed by atoms with E-state index in [2.05, 4.69) is 35.7 Å². The van der Waals surface area contributed by atoms with Crippen molar-refractivity contribution in [2.45, 2.75) is 57.9 Å². The van der Waals surface area contributed by atoms with Gasteiger partial charge in [0.05, 0.1) is 6.20 Å². The van der Waals surface area contributed by atoms with Crippen LogP contribution in [-0.2, 0) is 0 Å². The summed E-state index contributed by atoms with van der Waals surface area (Å²) in [6.07, 6.45) is 12.1. The average Bonchev–Trinajstić information content (AvgIpc) is 2.94. The van der Waals surface area contributed by atoms with Crippen LogP contribution in [0.5, 0.6) is 5.75 Å². The maximum absolute atomic E-state index is 5.89. The number of aromatic nitrogens is 1. The lowest BCUT2D eigenvalue weighted by atomic mass is 10.1. The van der Waals surface area contributed by atoms with Crippen LogP contribution < -0.4 is 4.74 Å². The standard InChI is InChI=1S/C19H28N2O.2ClH/c1-3-4-5-6-7-8-10-17-13-19(15-20-14-17)22-16-18-11-9-12-21(18)2;;/h13-15,18H,3-7,9,11-12,16H2,1-2H3;2*1H/t18-;;/m1../s1. The van der Waals surface area contributed by atoms with Crippen molar-refractivity contribution >= 4 is 24.8 Å². The molecule has 0 aromatic carbocycles. The van der Waals surface area contributed by atoms with Crippen LogP contribution in [0.25, 0.3) is 0 Å². The summed E-state index contributed by atoms with van der Waals surface area (Å²) in [6.45, 7) is 4.15.